The van der Waals surface area contributed by atoms with Crippen molar-refractivity contribution in [3.8, 4) is 0 Å². The summed E-state index contributed by atoms with van der Waals surface area (Å²) in [7, 11) is 0. The number of rotatable bonds is 9. The van der Waals surface area contributed by atoms with Gasteiger partial charge in [0.2, 0.25) is 5.91 Å². The minimum Gasteiger partial charge on any atom is -0.388 e. The van der Waals surface area contributed by atoms with Gasteiger partial charge in [-0.15, -0.1) is 0 Å². The van der Waals surface area contributed by atoms with Crippen LogP contribution in [0.4, 0.5) is 0 Å². The van der Waals surface area contributed by atoms with Gasteiger partial charge in [0.15, 0.2) is 12.6 Å². The van der Waals surface area contributed by atoms with Crippen LogP contribution in [0.3, 0.4) is 0 Å². The first-order chi connectivity index (χ1) is 10.5. The number of aliphatic hydroxyl groups is 3. The highest BCUT2D eigenvalue weighted by molar-refractivity contribution is 5.75. The molecule has 1 heterocycles. The van der Waals surface area contributed by atoms with Gasteiger partial charge in [0.05, 0.1) is 12.7 Å². The third-order valence-corrected chi connectivity index (χ3v) is 3.45. The lowest BCUT2D eigenvalue weighted by atomic mass is 10.0. The Morgan fingerprint density at radius 1 is 1.23 bits per heavy atom. The highest BCUT2D eigenvalue weighted by Crippen LogP contribution is 2.21. The molecule has 1 fully saturated rings. The topological polar surface area (TPSA) is 125 Å². The number of amides is 1. The van der Waals surface area contributed by atoms with Crippen molar-refractivity contribution in [2.75, 3.05) is 13.2 Å². The van der Waals surface area contributed by atoms with Crippen molar-refractivity contribution in [3.05, 3.63) is 0 Å². The normalized spacial score (nSPS) is 31.7. The van der Waals surface area contributed by atoms with Crippen molar-refractivity contribution in [1.29, 1.82) is 0 Å². The Kier molecular flexibility index (Phi) is 8.51. The summed E-state index contributed by atoms with van der Waals surface area (Å²) in [6.45, 7) is 1.90. The van der Waals surface area contributed by atoms with Gasteiger partial charge in [0.1, 0.15) is 18.3 Å². The van der Waals surface area contributed by atoms with E-state index < -0.39 is 30.7 Å². The maximum absolute atomic E-state index is 11.4. The molecule has 4 N–H and O–H groups in total. The summed E-state index contributed by atoms with van der Waals surface area (Å²) in [5.74, 6) is -0.150. The zero-order valence-electron chi connectivity index (χ0n) is 12.6. The van der Waals surface area contributed by atoms with E-state index in [9.17, 15) is 24.9 Å². The van der Waals surface area contributed by atoms with Crippen molar-refractivity contribution >= 4 is 12.2 Å². The van der Waals surface area contributed by atoms with Crippen LogP contribution in [-0.4, -0.2) is 71.4 Å². The van der Waals surface area contributed by atoms with E-state index in [1.807, 2.05) is 0 Å². The van der Waals surface area contributed by atoms with Crippen LogP contribution >= 0.6 is 0 Å². The third-order valence-electron chi connectivity index (χ3n) is 3.45. The van der Waals surface area contributed by atoms with E-state index in [1.165, 1.54) is 0 Å². The molecular weight excluding hydrogens is 294 g/mol. The zero-order valence-corrected chi connectivity index (χ0v) is 12.6. The van der Waals surface area contributed by atoms with Gasteiger partial charge < -0.3 is 30.1 Å². The Labute approximate surface area is 129 Å². The summed E-state index contributed by atoms with van der Waals surface area (Å²) in [5, 5.41) is 31.5. The molecule has 1 aliphatic heterocycles. The lowest BCUT2D eigenvalue weighted by Crippen LogP contribution is -2.57. The first kappa shape index (κ1) is 19.0. The lowest BCUT2D eigenvalue weighted by Gasteiger charge is -2.38. The van der Waals surface area contributed by atoms with Crippen molar-refractivity contribution in [2.24, 2.45) is 0 Å². The molecule has 0 aromatic rings. The Hall–Kier alpha value is -1.06. The number of hydrogen-bond acceptors (Lipinski definition) is 7. The summed E-state index contributed by atoms with van der Waals surface area (Å²) in [4.78, 5) is 21.4. The van der Waals surface area contributed by atoms with Gasteiger partial charge in [-0.3, -0.25) is 9.59 Å². The predicted octanol–water partition coefficient (Wildman–Crippen LogP) is -1.38. The second-order valence-electron chi connectivity index (χ2n) is 5.25. The number of carbonyl (C=O) groups is 1. The van der Waals surface area contributed by atoms with Crippen molar-refractivity contribution < 1.29 is 34.4 Å². The van der Waals surface area contributed by atoms with Crippen LogP contribution in [0.15, 0.2) is 0 Å². The Morgan fingerprint density at radius 2 is 1.95 bits per heavy atom. The van der Waals surface area contributed by atoms with Crippen LogP contribution in [0.2, 0.25) is 0 Å². The molecule has 1 aliphatic rings. The summed E-state index contributed by atoms with van der Waals surface area (Å²) in [5.41, 5.74) is 0. The maximum atomic E-state index is 11.4. The summed E-state index contributed by atoms with van der Waals surface area (Å²) in [6.07, 6.45) is -1.88. The zero-order chi connectivity index (χ0) is 16.5. The fourth-order valence-electron chi connectivity index (χ4n) is 2.09. The van der Waals surface area contributed by atoms with E-state index in [0.29, 0.717) is 25.7 Å². The summed E-state index contributed by atoms with van der Waals surface area (Å²) >= 11 is 0. The molecule has 0 aliphatic carbocycles. The highest BCUT2D eigenvalue weighted by atomic mass is 16.7. The van der Waals surface area contributed by atoms with Gasteiger partial charge in [0.25, 0.3) is 0 Å². The molecule has 1 amide bonds. The molecule has 127 valence electrons. The van der Waals surface area contributed by atoms with Crippen LogP contribution in [0.25, 0.3) is 0 Å². The summed E-state index contributed by atoms with van der Waals surface area (Å²) in [6, 6.07) is 0. The van der Waals surface area contributed by atoms with Crippen LogP contribution in [-0.2, 0) is 19.1 Å². The molecule has 0 saturated carbocycles. The molecule has 1 radical (unpaired) electrons. The number of aliphatic hydroxyl groups excluding tert-OH is 3. The van der Waals surface area contributed by atoms with Crippen LogP contribution in [0, 0.1) is 0 Å². The Bertz CT molecular complexity index is 352. The number of unbranched alkanes of at least 4 members (excludes halogenated alkanes) is 2. The van der Waals surface area contributed by atoms with Gasteiger partial charge >= 0.3 is 0 Å². The van der Waals surface area contributed by atoms with Crippen LogP contribution in [0.1, 0.15) is 32.6 Å². The fraction of sp³-hybridized carbons (Fsp3) is 0.857. The third kappa shape index (κ3) is 5.98. The minimum atomic E-state index is -1.35. The second-order valence-corrected chi connectivity index (χ2v) is 5.25. The Morgan fingerprint density at radius 3 is 2.64 bits per heavy atom. The van der Waals surface area contributed by atoms with E-state index in [2.05, 4.69) is 5.32 Å². The molecule has 0 aromatic heterocycles. The number of nitrogens with one attached hydrogen (secondary N) is 1. The standard InChI is InChI=1S/C14H24NO7/c1-9-11(18)12(19)13(20)14(22-9)21-8-6-15-10(17)5-3-2-4-7-16/h9,11-14,18-20H,2-6,8H2,1H3,(H,15,17)/t9-,11+,12+,13-,14+/m0/s1. The SMILES string of the molecule is C[C@@H]1O[C@@H](OCCNC(=O)CCCC[C]=O)[C@@H](O)[C@H](O)[C@@H]1O. The average Bonchev–Trinajstić information content (AvgIpc) is 2.50. The number of hydrogen-bond donors (Lipinski definition) is 4. The molecule has 8 heteroatoms. The number of carbonyl (C=O) groups excluding carboxylic acids is 2. The molecular formula is C14H24NO7. The molecule has 0 spiro atoms. The van der Waals surface area contributed by atoms with Gasteiger partial charge in [0, 0.05) is 19.4 Å². The van der Waals surface area contributed by atoms with Crippen molar-refractivity contribution in [2.45, 2.75) is 63.3 Å². The van der Waals surface area contributed by atoms with Crippen LogP contribution < -0.4 is 5.32 Å². The smallest absolute Gasteiger partial charge is 0.220 e. The largest absolute Gasteiger partial charge is 0.388 e. The first-order valence-corrected chi connectivity index (χ1v) is 7.40. The van der Waals surface area contributed by atoms with Crippen molar-refractivity contribution in [3.63, 3.8) is 0 Å². The summed E-state index contributed by atoms with van der Waals surface area (Å²) < 4.78 is 10.5. The second kappa shape index (κ2) is 9.86. The monoisotopic (exact) mass is 318 g/mol. The highest BCUT2D eigenvalue weighted by Gasteiger charge is 2.42. The average molecular weight is 318 g/mol. The predicted molar refractivity (Wildman–Crippen MR) is 75.5 cm³/mol. The van der Waals surface area contributed by atoms with Crippen molar-refractivity contribution in [1.82, 2.24) is 5.32 Å². The minimum absolute atomic E-state index is 0.102. The molecule has 1 rings (SSSR count). The maximum Gasteiger partial charge on any atom is 0.220 e. The Balaban J connectivity index is 2.16. The number of ether oxygens (including phenoxy) is 2. The van der Waals surface area contributed by atoms with Gasteiger partial charge in [-0.25, -0.2) is 0 Å². The molecule has 0 unspecified atom stereocenters. The van der Waals surface area contributed by atoms with E-state index in [-0.39, 0.29) is 19.1 Å². The molecule has 0 bridgehead atoms. The molecule has 22 heavy (non-hydrogen) atoms. The van der Waals surface area contributed by atoms with E-state index in [4.69, 9.17) is 9.47 Å². The van der Waals surface area contributed by atoms with Gasteiger partial charge in [-0.2, -0.15) is 0 Å². The molecule has 1 saturated heterocycles. The van der Waals surface area contributed by atoms with E-state index in [0.717, 1.165) is 0 Å². The first-order valence-electron chi connectivity index (χ1n) is 7.40. The van der Waals surface area contributed by atoms with E-state index in [1.54, 1.807) is 13.2 Å². The fourth-order valence-corrected chi connectivity index (χ4v) is 2.09. The molecule has 8 nitrogen and oxygen atoms in total. The van der Waals surface area contributed by atoms with Gasteiger partial charge in [-0.1, -0.05) is 0 Å². The van der Waals surface area contributed by atoms with E-state index >= 15 is 0 Å². The van der Waals surface area contributed by atoms with Gasteiger partial charge in [-0.05, 0) is 19.8 Å². The molecule has 5 atom stereocenters. The quantitative estimate of drug-likeness (QED) is 0.386. The lowest BCUT2D eigenvalue weighted by molar-refractivity contribution is -0.292. The van der Waals surface area contributed by atoms with Crippen LogP contribution in [0.5, 0.6) is 0 Å². The molecule has 0 aromatic carbocycles.